The first-order chi connectivity index (χ1) is 9.99. The fraction of sp³-hybridized carbons (Fsp3) is 0.333. The number of rotatable bonds is 3. The van der Waals surface area contributed by atoms with Gasteiger partial charge < -0.3 is 9.67 Å². The molecule has 3 heterocycles. The molecule has 3 rings (SSSR count). The molecule has 1 N–H and O–H groups in total. The number of carboxylic acid groups (broad SMARTS) is 1. The lowest BCUT2D eigenvalue weighted by Gasteiger charge is -2.23. The van der Waals surface area contributed by atoms with Crippen LogP contribution in [0.25, 0.3) is 0 Å². The minimum atomic E-state index is -0.814. The zero-order valence-corrected chi connectivity index (χ0v) is 13.8. The van der Waals surface area contributed by atoms with Crippen molar-refractivity contribution in [3.63, 3.8) is 0 Å². The van der Waals surface area contributed by atoms with Gasteiger partial charge in [0.25, 0.3) is 0 Å². The third kappa shape index (κ3) is 2.46. The van der Waals surface area contributed by atoms with Crippen LogP contribution >= 0.6 is 27.3 Å². The number of ketones is 1. The molecule has 0 saturated heterocycles. The first-order valence-electron chi connectivity index (χ1n) is 6.72. The molecule has 0 saturated carbocycles. The van der Waals surface area contributed by atoms with E-state index in [2.05, 4.69) is 15.9 Å². The van der Waals surface area contributed by atoms with Crippen LogP contribution in [0, 0.1) is 6.92 Å². The minimum absolute atomic E-state index is 0.0273. The number of aliphatic carboxylic acids is 1. The molecule has 0 bridgehead atoms. The Morgan fingerprint density at radius 1 is 1.43 bits per heavy atom. The fourth-order valence-corrected chi connectivity index (χ4v) is 4.27. The number of carbonyl (C=O) groups is 2. The van der Waals surface area contributed by atoms with Crippen LogP contribution in [-0.2, 0) is 11.3 Å². The Bertz CT molecular complexity index is 731. The van der Waals surface area contributed by atoms with Gasteiger partial charge >= 0.3 is 5.97 Å². The van der Waals surface area contributed by atoms with Gasteiger partial charge in [-0.2, -0.15) is 0 Å². The van der Waals surface area contributed by atoms with Crippen LogP contribution in [0.2, 0.25) is 0 Å². The van der Waals surface area contributed by atoms with E-state index in [-0.39, 0.29) is 5.78 Å². The molecule has 21 heavy (non-hydrogen) atoms. The normalized spacial score (nSPS) is 17.5. The molecule has 6 heteroatoms. The van der Waals surface area contributed by atoms with Crippen LogP contribution in [0.5, 0.6) is 0 Å². The minimum Gasteiger partial charge on any atom is -0.481 e. The zero-order chi connectivity index (χ0) is 15.1. The van der Waals surface area contributed by atoms with Gasteiger partial charge in [0.2, 0.25) is 5.78 Å². The molecule has 2 aromatic rings. The molecule has 0 amide bonds. The molecule has 110 valence electrons. The molecule has 0 aliphatic carbocycles. The summed E-state index contributed by atoms with van der Waals surface area (Å²) in [6.45, 7) is 2.58. The standard InChI is InChI=1S/C15H14BrNO3S/c1-8-7-10-9(15(19)20)3-2-6-17(10)13(8)14(18)11-4-5-12(16)21-11/h4-5,7,9H,2-3,6H2,1H3,(H,19,20). The maximum Gasteiger partial charge on any atom is 0.312 e. The van der Waals surface area contributed by atoms with Gasteiger partial charge in [-0.05, 0) is 59.5 Å². The van der Waals surface area contributed by atoms with E-state index < -0.39 is 11.9 Å². The zero-order valence-electron chi connectivity index (χ0n) is 11.4. The average molecular weight is 368 g/mol. The second-order valence-electron chi connectivity index (χ2n) is 5.22. The molecule has 1 atom stereocenters. The van der Waals surface area contributed by atoms with Gasteiger partial charge in [-0.1, -0.05) is 0 Å². The van der Waals surface area contributed by atoms with Crippen molar-refractivity contribution in [3.8, 4) is 0 Å². The van der Waals surface area contributed by atoms with Crippen molar-refractivity contribution in [2.24, 2.45) is 0 Å². The molecule has 0 aromatic carbocycles. The first-order valence-corrected chi connectivity index (χ1v) is 8.33. The second kappa shape index (κ2) is 5.42. The van der Waals surface area contributed by atoms with Gasteiger partial charge in [-0.15, -0.1) is 11.3 Å². The van der Waals surface area contributed by atoms with Crippen molar-refractivity contribution in [1.82, 2.24) is 4.57 Å². The maximum atomic E-state index is 12.7. The second-order valence-corrected chi connectivity index (χ2v) is 7.68. The molecular formula is C15H14BrNO3S. The molecule has 1 aliphatic rings. The molecule has 0 fully saturated rings. The molecule has 2 aromatic heterocycles. The van der Waals surface area contributed by atoms with Crippen molar-refractivity contribution in [2.45, 2.75) is 32.2 Å². The number of hydrogen-bond acceptors (Lipinski definition) is 3. The smallest absolute Gasteiger partial charge is 0.312 e. The van der Waals surface area contributed by atoms with Crippen LogP contribution < -0.4 is 0 Å². The van der Waals surface area contributed by atoms with Crippen molar-refractivity contribution in [2.75, 3.05) is 0 Å². The largest absolute Gasteiger partial charge is 0.481 e. The van der Waals surface area contributed by atoms with Crippen LogP contribution in [-0.4, -0.2) is 21.4 Å². The van der Waals surface area contributed by atoms with Crippen molar-refractivity contribution in [3.05, 3.63) is 43.8 Å². The third-order valence-corrected chi connectivity index (χ3v) is 5.48. The molecule has 0 spiro atoms. The summed E-state index contributed by atoms with van der Waals surface area (Å²) < 4.78 is 2.81. The van der Waals surface area contributed by atoms with Crippen molar-refractivity contribution in [1.29, 1.82) is 0 Å². The monoisotopic (exact) mass is 367 g/mol. The van der Waals surface area contributed by atoms with Gasteiger partial charge in [-0.3, -0.25) is 9.59 Å². The number of carbonyl (C=O) groups excluding carboxylic acids is 1. The fourth-order valence-electron chi connectivity index (χ4n) is 2.95. The number of thiophene rings is 1. The Morgan fingerprint density at radius 2 is 2.19 bits per heavy atom. The summed E-state index contributed by atoms with van der Waals surface area (Å²) in [7, 11) is 0. The average Bonchev–Trinajstić information content (AvgIpc) is 3.00. The number of halogens is 1. The summed E-state index contributed by atoms with van der Waals surface area (Å²) in [4.78, 5) is 24.8. The first kappa shape index (κ1) is 14.5. The predicted molar refractivity (Wildman–Crippen MR) is 84.2 cm³/mol. The van der Waals surface area contributed by atoms with Gasteiger partial charge in [0, 0.05) is 12.2 Å². The summed E-state index contributed by atoms with van der Waals surface area (Å²) >= 11 is 4.77. The van der Waals surface area contributed by atoms with E-state index in [0.29, 0.717) is 23.5 Å². The predicted octanol–water partition coefficient (Wildman–Crippen LogP) is 3.81. The summed E-state index contributed by atoms with van der Waals surface area (Å²) in [5.74, 6) is -1.35. The highest BCUT2D eigenvalue weighted by atomic mass is 79.9. The maximum absolute atomic E-state index is 12.7. The Labute approximate surface area is 134 Å². The number of hydrogen-bond donors (Lipinski definition) is 1. The van der Waals surface area contributed by atoms with E-state index in [1.54, 1.807) is 6.07 Å². The molecule has 0 radical (unpaired) electrons. The van der Waals surface area contributed by atoms with E-state index in [1.165, 1.54) is 11.3 Å². The van der Waals surface area contributed by atoms with Gasteiger partial charge in [0.05, 0.1) is 20.3 Å². The van der Waals surface area contributed by atoms with Gasteiger partial charge in [0.15, 0.2) is 0 Å². The van der Waals surface area contributed by atoms with E-state index in [4.69, 9.17) is 0 Å². The van der Waals surface area contributed by atoms with Gasteiger partial charge in [0.1, 0.15) is 0 Å². The lowest BCUT2D eigenvalue weighted by Crippen LogP contribution is -2.23. The van der Waals surface area contributed by atoms with Crippen molar-refractivity contribution >= 4 is 39.0 Å². The SMILES string of the molecule is Cc1cc2n(c1C(=O)c1ccc(Br)s1)CCCC2C(=O)O. The molecule has 1 aliphatic heterocycles. The summed E-state index contributed by atoms with van der Waals surface area (Å²) in [5, 5.41) is 9.34. The highest BCUT2D eigenvalue weighted by Gasteiger charge is 2.31. The number of carboxylic acids is 1. The van der Waals surface area contributed by atoms with Crippen LogP contribution in [0.1, 0.15) is 45.4 Å². The Morgan fingerprint density at radius 3 is 2.81 bits per heavy atom. The number of fused-ring (bicyclic) bond motifs is 1. The number of nitrogens with zero attached hydrogens (tertiary/aromatic N) is 1. The molecule has 4 nitrogen and oxygen atoms in total. The van der Waals surface area contributed by atoms with Crippen LogP contribution in [0.3, 0.4) is 0 Å². The molecular weight excluding hydrogens is 354 g/mol. The number of aromatic nitrogens is 1. The lowest BCUT2D eigenvalue weighted by atomic mass is 9.96. The Hall–Kier alpha value is -1.40. The van der Waals surface area contributed by atoms with E-state index in [9.17, 15) is 14.7 Å². The summed E-state index contributed by atoms with van der Waals surface area (Å²) in [6.07, 6.45) is 1.42. The van der Waals surface area contributed by atoms with E-state index in [0.717, 1.165) is 21.5 Å². The topological polar surface area (TPSA) is 59.3 Å². The Kier molecular flexibility index (Phi) is 3.75. The number of aryl methyl sites for hydroxylation is 1. The van der Waals surface area contributed by atoms with Crippen molar-refractivity contribution < 1.29 is 14.7 Å². The van der Waals surface area contributed by atoms with E-state index in [1.807, 2.05) is 23.6 Å². The highest BCUT2D eigenvalue weighted by Crippen LogP contribution is 2.34. The summed E-state index contributed by atoms with van der Waals surface area (Å²) in [6, 6.07) is 5.51. The van der Waals surface area contributed by atoms with Gasteiger partial charge in [-0.25, -0.2) is 0 Å². The third-order valence-electron chi connectivity index (χ3n) is 3.86. The molecule has 1 unspecified atom stereocenters. The lowest BCUT2D eigenvalue weighted by molar-refractivity contribution is -0.139. The van der Waals surface area contributed by atoms with Crippen LogP contribution in [0.15, 0.2) is 22.0 Å². The quantitative estimate of drug-likeness (QED) is 0.838. The van der Waals surface area contributed by atoms with E-state index >= 15 is 0 Å². The van der Waals surface area contributed by atoms with Crippen LogP contribution in [0.4, 0.5) is 0 Å². The highest BCUT2D eigenvalue weighted by molar-refractivity contribution is 9.11. The Balaban J connectivity index is 2.08. The summed E-state index contributed by atoms with van der Waals surface area (Å²) in [5.41, 5.74) is 2.24.